The molecule has 0 heterocycles. The van der Waals surface area contributed by atoms with Gasteiger partial charge in [-0.1, -0.05) is 84.4 Å². The van der Waals surface area contributed by atoms with Crippen LogP contribution in [0.3, 0.4) is 0 Å². The minimum absolute atomic E-state index is 0.629. The van der Waals surface area contributed by atoms with Crippen molar-refractivity contribution in [1.29, 1.82) is 5.26 Å². The van der Waals surface area contributed by atoms with E-state index in [1.165, 1.54) is 0 Å². The Hall–Kier alpha value is -2.56. The van der Waals surface area contributed by atoms with Crippen LogP contribution in [0.1, 0.15) is 16.7 Å². The van der Waals surface area contributed by atoms with Crippen molar-refractivity contribution in [2.75, 3.05) is 0 Å². The number of halogens is 1. The molecule has 0 radical (unpaired) electrons. The second-order valence-corrected chi connectivity index (χ2v) is 5.54. The number of hydrogen-bond donors (Lipinski definition) is 0. The molecule has 0 aromatic heterocycles. The van der Waals surface area contributed by atoms with Crippen LogP contribution in [0.4, 0.5) is 0 Å². The first-order valence-electron chi connectivity index (χ1n) is 7.06. The van der Waals surface area contributed by atoms with Gasteiger partial charge in [0.15, 0.2) is 0 Å². The molecule has 3 rings (SSSR count). The lowest BCUT2D eigenvalue weighted by Gasteiger charge is -2.28. The Labute approximate surface area is 135 Å². The minimum atomic E-state index is -0.868. The molecule has 0 aliphatic carbocycles. The van der Waals surface area contributed by atoms with Gasteiger partial charge in [0, 0.05) is 5.02 Å². The molecule has 1 nitrogen and oxygen atoms in total. The quantitative estimate of drug-likeness (QED) is 0.610. The van der Waals surface area contributed by atoms with Crippen molar-refractivity contribution in [3.8, 4) is 6.07 Å². The van der Waals surface area contributed by atoms with Crippen molar-refractivity contribution in [3.63, 3.8) is 0 Å². The largest absolute Gasteiger partial charge is 0.197 e. The summed E-state index contributed by atoms with van der Waals surface area (Å²) >= 11 is 6.17. The van der Waals surface area contributed by atoms with Crippen LogP contribution in [0.25, 0.3) is 0 Å². The van der Waals surface area contributed by atoms with E-state index in [-0.39, 0.29) is 0 Å². The molecule has 0 aliphatic heterocycles. The van der Waals surface area contributed by atoms with Gasteiger partial charge in [0.2, 0.25) is 0 Å². The molecule has 0 aliphatic rings. The Bertz CT molecular complexity index is 764. The molecule has 0 saturated heterocycles. The Balaban J connectivity index is 2.34. The second kappa shape index (κ2) is 6.05. The summed E-state index contributed by atoms with van der Waals surface area (Å²) in [5.41, 5.74) is 1.88. The van der Waals surface area contributed by atoms with Crippen molar-refractivity contribution in [2.24, 2.45) is 0 Å². The third-order valence-corrected chi connectivity index (χ3v) is 4.07. The molecule has 0 N–H and O–H groups in total. The maximum absolute atomic E-state index is 10.1. The molecule has 106 valence electrons. The van der Waals surface area contributed by atoms with E-state index in [1.54, 1.807) is 0 Å². The van der Waals surface area contributed by atoms with Crippen molar-refractivity contribution in [2.45, 2.75) is 5.41 Å². The fraction of sp³-hybridized carbons (Fsp3) is 0.0500. The molecular formula is C20H14ClN. The maximum atomic E-state index is 10.1. The SMILES string of the molecule is N#CC(c1ccccc1)(c1ccccc1)c1cccc(Cl)c1. The molecular weight excluding hydrogens is 290 g/mol. The van der Waals surface area contributed by atoms with E-state index in [4.69, 9.17) is 11.6 Å². The van der Waals surface area contributed by atoms with E-state index in [2.05, 4.69) is 6.07 Å². The van der Waals surface area contributed by atoms with Gasteiger partial charge in [-0.2, -0.15) is 5.26 Å². The van der Waals surface area contributed by atoms with E-state index >= 15 is 0 Å². The van der Waals surface area contributed by atoms with Crippen molar-refractivity contribution in [3.05, 3.63) is 107 Å². The van der Waals surface area contributed by atoms with Crippen molar-refractivity contribution >= 4 is 11.6 Å². The Kier molecular flexibility index (Phi) is 3.96. The summed E-state index contributed by atoms with van der Waals surface area (Å²) < 4.78 is 0. The summed E-state index contributed by atoms with van der Waals surface area (Å²) in [6.45, 7) is 0. The predicted octanol–water partition coefficient (Wildman–Crippen LogP) is 5.20. The van der Waals surface area contributed by atoms with Gasteiger partial charge in [0.1, 0.15) is 5.41 Å². The van der Waals surface area contributed by atoms with Gasteiger partial charge in [-0.25, -0.2) is 0 Å². The van der Waals surface area contributed by atoms with Gasteiger partial charge in [0.05, 0.1) is 6.07 Å². The summed E-state index contributed by atoms with van der Waals surface area (Å²) in [6.07, 6.45) is 0. The van der Waals surface area contributed by atoms with Gasteiger partial charge in [-0.15, -0.1) is 0 Å². The average Bonchev–Trinajstić information content (AvgIpc) is 2.58. The van der Waals surface area contributed by atoms with Crippen LogP contribution >= 0.6 is 11.6 Å². The van der Waals surface area contributed by atoms with E-state index in [0.29, 0.717) is 5.02 Å². The standard InChI is InChI=1S/C20H14ClN/c21-19-13-7-12-18(14-19)20(15-22,16-8-3-1-4-9-16)17-10-5-2-6-11-17/h1-14H. The van der Waals surface area contributed by atoms with Crippen molar-refractivity contribution < 1.29 is 0 Å². The third kappa shape index (κ3) is 2.39. The average molecular weight is 304 g/mol. The molecule has 0 spiro atoms. The van der Waals surface area contributed by atoms with Gasteiger partial charge in [0.25, 0.3) is 0 Å². The molecule has 0 fully saturated rings. The van der Waals surface area contributed by atoms with Crippen LogP contribution in [-0.4, -0.2) is 0 Å². The van der Waals surface area contributed by atoms with Gasteiger partial charge >= 0.3 is 0 Å². The molecule has 0 bridgehead atoms. The first-order valence-corrected chi connectivity index (χ1v) is 7.43. The Morgan fingerprint density at radius 3 is 1.64 bits per heavy atom. The lowest BCUT2D eigenvalue weighted by molar-refractivity contribution is 0.795. The smallest absolute Gasteiger partial charge is 0.132 e. The molecule has 0 unspecified atom stereocenters. The van der Waals surface area contributed by atoms with E-state index in [0.717, 1.165) is 16.7 Å². The summed E-state index contributed by atoms with van der Waals surface area (Å²) in [6, 6.07) is 29.7. The van der Waals surface area contributed by atoms with Gasteiger partial charge < -0.3 is 0 Å². The van der Waals surface area contributed by atoms with E-state index < -0.39 is 5.41 Å². The zero-order valence-electron chi connectivity index (χ0n) is 11.9. The number of nitriles is 1. The Morgan fingerprint density at radius 1 is 0.682 bits per heavy atom. The highest BCUT2D eigenvalue weighted by molar-refractivity contribution is 6.30. The van der Waals surface area contributed by atoms with Crippen LogP contribution in [0.15, 0.2) is 84.9 Å². The van der Waals surface area contributed by atoms with Crippen LogP contribution in [-0.2, 0) is 5.41 Å². The Morgan fingerprint density at radius 2 is 1.18 bits per heavy atom. The molecule has 0 saturated carbocycles. The zero-order valence-corrected chi connectivity index (χ0v) is 12.7. The molecule has 0 amide bonds. The fourth-order valence-electron chi connectivity index (χ4n) is 2.79. The molecule has 22 heavy (non-hydrogen) atoms. The first kappa shape index (κ1) is 14.4. The van der Waals surface area contributed by atoms with E-state index in [1.807, 2.05) is 84.9 Å². The normalized spacial score (nSPS) is 10.9. The number of rotatable bonds is 3. The number of benzene rings is 3. The summed E-state index contributed by atoms with van der Waals surface area (Å²) in [4.78, 5) is 0. The predicted molar refractivity (Wildman–Crippen MR) is 89.8 cm³/mol. The van der Waals surface area contributed by atoms with Crippen molar-refractivity contribution in [1.82, 2.24) is 0 Å². The maximum Gasteiger partial charge on any atom is 0.132 e. The van der Waals surface area contributed by atoms with E-state index in [9.17, 15) is 5.26 Å². The highest BCUT2D eigenvalue weighted by atomic mass is 35.5. The number of nitrogens with zero attached hydrogens (tertiary/aromatic N) is 1. The highest BCUT2D eigenvalue weighted by Crippen LogP contribution is 2.39. The fourth-order valence-corrected chi connectivity index (χ4v) is 2.98. The van der Waals surface area contributed by atoms with Crippen LogP contribution in [0.5, 0.6) is 0 Å². The summed E-state index contributed by atoms with van der Waals surface area (Å²) in [5, 5.41) is 10.8. The monoisotopic (exact) mass is 303 g/mol. The molecule has 3 aromatic carbocycles. The number of hydrogen-bond acceptors (Lipinski definition) is 1. The topological polar surface area (TPSA) is 23.8 Å². The third-order valence-electron chi connectivity index (χ3n) is 3.84. The molecule has 3 aromatic rings. The summed E-state index contributed by atoms with van der Waals surface area (Å²) in [7, 11) is 0. The van der Waals surface area contributed by atoms with Gasteiger partial charge in [-0.3, -0.25) is 0 Å². The van der Waals surface area contributed by atoms with Gasteiger partial charge in [-0.05, 0) is 28.8 Å². The second-order valence-electron chi connectivity index (χ2n) is 5.10. The lowest BCUT2D eigenvalue weighted by atomic mass is 9.70. The van der Waals surface area contributed by atoms with Crippen LogP contribution in [0, 0.1) is 11.3 Å². The van der Waals surface area contributed by atoms with Crippen LogP contribution in [0.2, 0.25) is 5.02 Å². The summed E-state index contributed by atoms with van der Waals surface area (Å²) in [5.74, 6) is 0. The van der Waals surface area contributed by atoms with Crippen LogP contribution < -0.4 is 0 Å². The minimum Gasteiger partial charge on any atom is -0.197 e. The molecule has 2 heteroatoms. The first-order chi connectivity index (χ1) is 10.8. The zero-order chi connectivity index (χ0) is 15.4. The highest BCUT2D eigenvalue weighted by Gasteiger charge is 2.36. The lowest BCUT2D eigenvalue weighted by Crippen LogP contribution is -2.27. The molecule has 0 atom stereocenters.